The van der Waals surface area contributed by atoms with Crippen LogP contribution in [0.1, 0.15) is 26.3 Å². The number of nitrogens with one attached hydrogen (secondary N) is 2. The lowest BCUT2D eigenvalue weighted by Gasteiger charge is -2.12. The maximum atomic E-state index is 12.4. The zero-order valence-corrected chi connectivity index (χ0v) is 14.0. The molecule has 0 heterocycles. The molecule has 0 radical (unpaired) electrons. The third-order valence-corrected chi connectivity index (χ3v) is 3.60. The van der Waals surface area contributed by atoms with Gasteiger partial charge in [0.05, 0.1) is 23.3 Å². The number of carbonyl (C=O) groups excluding carboxylic acids is 2. The molecule has 0 saturated heterocycles. The minimum Gasteiger partial charge on any atom is -0.497 e. The SMILES string of the molecule is CNC(=O)c1cc(OC)ccc1NC(=O)c1ccc([N+](=O)[O-])c(C)c1. The second-order valence-corrected chi connectivity index (χ2v) is 5.20. The van der Waals surface area contributed by atoms with E-state index in [0.717, 1.165) is 0 Å². The molecule has 0 aliphatic heterocycles. The van der Waals surface area contributed by atoms with E-state index in [9.17, 15) is 19.7 Å². The van der Waals surface area contributed by atoms with E-state index >= 15 is 0 Å². The van der Waals surface area contributed by atoms with Gasteiger partial charge in [0.15, 0.2) is 0 Å². The van der Waals surface area contributed by atoms with Gasteiger partial charge >= 0.3 is 0 Å². The van der Waals surface area contributed by atoms with Crippen molar-refractivity contribution >= 4 is 23.2 Å². The highest BCUT2D eigenvalue weighted by molar-refractivity contribution is 6.09. The molecule has 0 aliphatic carbocycles. The van der Waals surface area contributed by atoms with E-state index in [2.05, 4.69) is 10.6 Å². The molecular formula is C17H17N3O5. The van der Waals surface area contributed by atoms with Gasteiger partial charge in [0, 0.05) is 24.2 Å². The lowest BCUT2D eigenvalue weighted by molar-refractivity contribution is -0.385. The van der Waals surface area contributed by atoms with Crippen LogP contribution < -0.4 is 15.4 Å². The van der Waals surface area contributed by atoms with Gasteiger partial charge in [-0.15, -0.1) is 0 Å². The van der Waals surface area contributed by atoms with Crippen LogP contribution in [-0.2, 0) is 0 Å². The van der Waals surface area contributed by atoms with Gasteiger partial charge in [-0.25, -0.2) is 0 Å². The summed E-state index contributed by atoms with van der Waals surface area (Å²) < 4.78 is 5.09. The van der Waals surface area contributed by atoms with Gasteiger partial charge in [0.1, 0.15) is 5.75 Å². The van der Waals surface area contributed by atoms with Crippen molar-refractivity contribution in [1.82, 2.24) is 5.32 Å². The van der Waals surface area contributed by atoms with Crippen LogP contribution in [0.25, 0.3) is 0 Å². The predicted octanol–water partition coefficient (Wildman–Crippen LogP) is 2.52. The van der Waals surface area contributed by atoms with Gasteiger partial charge in [0.2, 0.25) is 0 Å². The fourth-order valence-corrected chi connectivity index (χ4v) is 2.28. The number of hydrogen-bond acceptors (Lipinski definition) is 5. The van der Waals surface area contributed by atoms with Crippen molar-refractivity contribution in [1.29, 1.82) is 0 Å². The summed E-state index contributed by atoms with van der Waals surface area (Å²) in [7, 11) is 2.95. The highest BCUT2D eigenvalue weighted by atomic mass is 16.6. The molecule has 8 heteroatoms. The van der Waals surface area contributed by atoms with E-state index in [1.54, 1.807) is 19.1 Å². The van der Waals surface area contributed by atoms with Crippen LogP contribution in [0.15, 0.2) is 36.4 Å². The van der Waals surface area contributed by atoms with Gasteiger partial charge < -0.3 is 15.4 Å². The molecule has 0 unspecified atom stereocenters. The average molecular weight is 343 g/mol. The van der Waals surface area contributed by atoms with Crippen molar-refractivity contribution in [3.05, 3.63) is 63.2 Å². The summed E-state index contributed by atoms with van der Waals surface area (Å²) in [5.41, 5.74) is 1.11. The molecule has 2 amide bonds. The lowest BCUT2D eigenvalue weighted by atomic mass is 10.1. The number of carbonyl (C=O) groups is 2. The van der Waals surface area contributed by atoms with Gasteiger partial charge in [-0.3, -0.25) is 19.7 Å². The number of benzene rings is 2. The summed E-state index contributed by atoms with van der Waals surface area (Å²) in [6.45, 7) is 1.55. The van der Waals surface area contributed by atoms with Crippen LogP contribution in [0, 0.1) is 17.0 Å². The number of nitrogens with zero attached hydrogens (tertiary/aromatic N) is 1. The first-order chi connectivity index (χ1) is 11.9. The topological polar surface area (TPSA) is 111 Å². The summed E-state index contributed by atoms with van der Waals surface area (Å²) in [6.07, 6.45) is 0. The van der Waals surface area contributed by atoms with Crippen LogP contribution in [0.2, 0.25) is 0 Å². The Kier molecular flexibility index (Phi) is 5.33. The first-order valence-electron chi connectivity index (χ1n) is 7.34. The van der Waals surface area contributed by atoms with Crippen molar-refractivity contribution in [2.75, 3.05) is 19.5 Å². The van der Waals surface area contributed by atoms with Gasteiger partial charge in [-0.1, -0.05) is 0 Å². The van der Waals surface area contributed by atoms with Crippen LogP contribution >= 0.6 is 0 Å². The first kappa shape index (κ1) is 17.9. The maximum absolute atomic E-state index is 12.4. The van der Waals surface area contributed by atoms with Crippen LogP contribution in [0.3, 0.4) is 0 Å². The zero-order valence-electron chi connectivity index (χ0n) is 14.0. The Labute approximate surface area is 144 Å². The number of nitro benzene ring substituents is 1. The van der Waals surface area contributed by atoms with Crippen molar-refractivity contribution in [3.8, 4) is 5.75 Å². The fourth-order valence-electron chi connectivity index (χ4n) is 2.28. The number of aryl methyl sites for hydroxylation is 1. The Morgan fingerprint density at radius 2 is 1.84 bits per heavy atom. The molecule has 0 aromatic heterocycles. The molecule has 2 aromatic rings. The summed E-state index contributed by atoms with van der Waals surface area (Å²) in [6, 6.07) is 8.75. The summed E-state index contributed by atoms with van der Waals surface area (Å²) in [5.74, 6) is -0.384. The molecule has 0 aliphatic rings. The highest BCUT2D eigenvalue weighted by Crippen LogP contribution is 2.24. The zero-order chi connectivity index (χ0) is 18.6. The van der Waals surface area contributed by atoms with Gasteiger partial charge in [-0.2, -0.15) is 0 Å². The Bertz CT molecular complexity index is 848. The third-order valence-electron chi connectivity index (χ3n) is 3.60. The Morgan fingerprint density at radius 3 is 2.40 bits per heavy atom. The Morgan fingerprint density at radius 1 is 1.12 bits per heavy atom. The normalized spacial score (nSPS) is 10.0. The minimum atomic E-state index is -0.510. The molecule has 2 rings (SSSR count). The van der Waals surface area contributed by atoms with E-state index in [-0.39, 0.29) is 22.7 Å². The molecule has 0 bridgehead atoms. The average Bonchev–Trinajstić information content (AvgIpc) is 2.60. The standard InChI is InChI=1S/C17H17N3O5/c1-10-8-11(4-7-15(10)20(23)24)16(21)19-14-6-5-12(25-3)9-13(14)17(22)18-2/h4-9H,1-3H3,(H,18,22)(H,19,21). The number of ether oxygens (including phenoxy) is 1. The monoisotopic (exact) mass is 343 g/mol. The van der Waals surface area contributed by atoms with Crippen molar-refractivity contribution < 1.29 is 19.2 Å². The number of methoxy groups -OCH3 is 1. The molecular weight excluding hydrogens is 326 g/mol. The van der Waals surface area contributed by atoms with Crippen LogP contribution in [-0.4, -0.2) is 30.9 Å². The number of nitro groups is 1. The smallest absolute Gasteiger partial charge is 0.272 e. The lowest BCUT2D eigenvalue weighted by Crippen LogP contribution is -2.21. The Hall–Kier alpha value is -3.42. The quantitative estimate of drug-likeness (QED) is 0.640. The number of hydrogen-bond donors (Lipinski definition) is 2. The van der Waals surface area contributed by atoms with Crippen molar-refractivity contribution in [2.45, 2.75) is 6.92 Å². The fraction of sp³-hybridized carbons (Fsp3) is 0.176. The van der Waals surface area contributed by atoms with Crippen molar-refractivity contribution in [2.24, 2.45) is 0 Å². The van der Waals surface area contributed by atoms with E-state index in [4.69, 9.17) is 4.74 Å². The molecule has 8 nitrogen and oxygen atoms in total. The van der Waals surface area contributed by atoms with E-state index in [1.165, 1.54) is 38.4 Å². The van der Waals surface area contributed by atoms with E-state index in [0.29, 0.717) is 17.0 Å². The van der Waals surface area contributed by atoms with E-state index in [1.807, 2.05) is 0 Å². The molecule has 2 aromatic carbocycles. The second kappa shape index (κ2) is 7.43. The molecule has 0 atom stereocenters. The molecule has 0 spiro atoms. The second-order valence-electron chi connectivity index (χ2n) is 5.20. The summed E-state index contributed by atoms with van der Waals surface area (Å²) in [4.78, 5) is 34.8. The van der Waals surface area contributed by atoms with Crippen LogP contribution in [0.5, 0.6) is 5.75 Å². The van der Waals surface area contributed by atoms with E-state index < -0.39 is 10.8 Å². The molecule has 25 heavy (non-hydrogen) atoms. The summed E-state index contributed by atoms with van der Waals surface area (Å²) in [5, 5.41) is 16.0. The van der Waals surface area contributed by atoms with Crippen molar-refractivity contribution in [3.63, 3.8) is 0 Å². The highest BCUT2D eigenvalue weighted by Gasteiger charge is 2.17. The first-order valence-corrected chi connectivity index (χ1v) is 7.34. The molecule has 0 fully saturated rings. The third kappa shape index (κ3) is 3.92. The minimum absolute atomic E-state index is 0.0629. The summed E-state index contributed by atoms with van der Waals surface area (Å²) >= 11 is 0. The largest absolute Gasteiger partial charge is 0.497 e. The maximum Gasteiger partial charge on any atom is 0.272 e. The van der Waals surface area contributed by atoms with Gasteiger partial charge in [-0.05, 0) is 37.3 Å². The number of rotatable bonds is 5. The molecule has 2 N–H and O–H groups in total. The van der Waals surface area contributed by atoms with Crippen LogP contribution in [0.4, 0.5) is 11.4 Å². The predicted molar refractivity (Wildman–Crippen MR) is 92.2 cm³/mol. The molecule has 0 saturated carbocycles. The number of anilines is 1. The van der Waals surface area contributed by atoms with Gasteiger partial charge in [0.25, 0.3) is 17.5 Å². The number of amides is 2. The molecule has 130 valence electrons. The Balaban J connectivity index is 2.33.